The molecular formula is C16H31N3O. The minimum absolute atomic E-state index is 0.312. The largest absolute Gasteiger partial charge is 0.383 e. The Morgan fingerprint density at radius 3 is 2.50 bits per heavy atom. The molecule has 0 aliphatic rings. The van der Waals surface area contributed by atoms with E-state index in [2.05, 4.69) is 44.3 Å². The molecule has 1 aromatic rings. The maximum Gasteiger partial charge on any atom is 0.0624 e. The van der Waals surface area contributed by atoms with E-state index in [9.17, 15) is 0 Å². The highest BCUT2D eigenvalue weighted by molar-refractivity contribution is 5.12. The Morgan fingerprint density at radius 1 is 1.30 bits per heavy atom. The average molecular weight is 281 g/mol. The number of aryl methyl sites for hydroxylation is 2. The molecule has 0 radical (unpaired) electrons. The molecule has 4 nitrogen and oxygen atoms in total. The highest BCUT2D eigenvalue weighted by Crippen LogP contribution is 2.30. The SMILES string of the molecule is CCc1cc(CC(CC)(CC)CNCCOC)n(C)n1. The maximum atomic E-state index is 5.10. The summed E-state index contributed by atoms with van der Waals surface area (Å²) in [7, 11) is 3.80. The summed E-state index contributed by atoms with van der Waals surface area (Å²) in [6.45, 7) is 9.47. The minimum Gasteiger partial charge on any atom is -0.383 e. The number of nitrogens with one attached hydrogen (secondary N) is 1. The molecule has 0 atom stereocenters. The number of rotatable bonds is 10. The number of methoxy groups -OCH3 is 1. The Hall–Kier alpha value is -0.870. The number of hydrogen-bond donors (Lipinski definition) is 1. The molecule has 0 aromatic carbocycles. The molecule has 116 valence electrons. The van der Waals surface area contributed by atoms with Gasteiger partial charge in [-0.15, -0.1) is 0 Å². The summed E-state index contributed by atoms with van der Waals surface area (Å²) in [5.74, 6) is 0. The fourth-order valence-electron chi connectivity index (χ4n) is 2.63. The van der Waals surface area contributed by atoms with E-state index in [1.807, 2.05) is 4.68 Å². The molecule has 0 saturated heterocycles. The van der Waals surface area contributed by atoms with Crippen molar-refractivity contribution in [3.63, 3.8) is 0 Å². The van der Waals surface area contributed by atoms with Crippen molar-refractivity contribution in [2.24, 2.45) is 12.5 Å². The second-order valence-electron chi connectivity index (χ2n) is 5.66. The summed E-state index contributed by atoms with van der Waals surface area (Å²) in [5, 5.41) is 8.10. The van der Waals surface area contributed by atoms with Crippen molar-refractivity contribution in [2.75, 3.05) is 26.8 Å². The first-order chi connectivity index (χ1) is 9.60. The molecule has 0 spiro atoms. The molecule has 20 heavy (non-hydrogen) atoms. The van der Waals surface area contributed by atoms with E-state index in [1.165, 1.54) is 24.2 Å². The zero-order chi connectivity index (χ0) is 15.0. The highest BCUT2D eigenvalue weighted by Gasteiger charge is 2.27. The lowest BCUT2D eigenvalue weighted by Crippen LogP contribution is -2.37. The van der Waals surface area contributed by atoms with E-state index >= 15 is 0 Å². The number of nitrogens with zero attached hydrogens (tertiary/aromatic N) is 2. The van der Waals surface area contributed by atoms with Gasteiger partial charge in [0.05, 0.1) is 12.3 Å². The second kappa shape index (κ2) is 8.42. The summed E-state index contributed by atoms with van der Waals surface area (Å²) >= 11 is 0. The molecule has 1 N–H and O–H groups in total. The van der Waals surface area contributed by atoms with Gasteiger partial charge >= 0.3 is 0 Å². The van der Waals surface area contributed by atoms with Crippen LogP contribution in [0, 0.1) is 5.41 Å². The Kier molecular flexibility index (Phi) is 7.24. The Morgan fingerprint density at radius 2 is 2.00 bits per heavy atom. The van der Waals surface area contributed by atoms with Crippen LogP contribution >= 0.6 is 0 Å². The normalized spacial score (nSPS) is 12.1. The fraction of sp³-hybridized carbons (Fsp3) is 0.812. The van der Waals surface area contributed by atoms with Gasteiger partial charge in [0.15, 0.2) is 0 Å². The van der Waals surface area contributed by atoms with E-state index in [4.69, 9.17) is 4.74 Å². The molecule has 0 saturated carbocycles. The third-order valence-corrected chi connectivity index (χ3v) is 4.43. The highest BCUT2D eigenvalue weighted by atomic mass is 16.5. The van der Waals surface area contributed by atoms with Crippen LogP contribution in [0.25, 0.3) is 0 Å². The second-order valence-corrected chi connectivity index (χ2v) is 5.66. The number of aromatic nitrogens is 2. The van der Waals surface area contributed by atoms with Gasteiger partial charge in [-0.25, -0.2) is 0 Å². The van der Waals surface area contributed by atoms with Gasteiger partial charge in [0.2, 0.25) is 0 Å². The van der Waals surface area contributed by atoms with E-state index in [0.29, 0.717) is 5.41 Å². The zero-order valence-corrected chi connectivity index (χ0v) is 13.8. The lowest BCUT2D eigenvalue weighted by molar-refractivity contribution is 0.185. The first-order valence-electron chi connectivity index (χ1n) is 7.82. The van der Waals surface area contributed by atoms with Crippen LogP contribution in [0.4, 0.5) is 0 Å². The first-order valence-corrected chi connectivity index (χ1v) is 7.82. The lowest BCUT2D eigenvalue weighted by Gasteiger charge is -2.32. The van der Waals surface area contributed by atoms with Gasteiger partial charge in [0.1, 0.15) is 0 Å². The van der Waals surface area contributed by atoms with Gasteiger partial charge < -0.3 is 10.1 Å². The molecule has 0 unspecified atom stereocenters. The molecule has 0 fully saturated rings. The van der Waals surface area contributed by atoms with Gasteiger partial charge in [0.25, 0.3) is 0 Å². The van der Waals surface area contributed by atoms with Gasteiger partial charge in [-0.05, 0) is 37.2 Å². The summed E-state index contributed by atoms with van der Waals surface area (Å²) in [5.41, 5.74) is 2.85. The average Bonchev–Trinajstić information content (AvgIpc) is 2.82. The third-order valence-electron chi connectivity index (χ3n) is 4.43. The van der Waals surface area contributed by atoms with Crippen LogP contribution in [0.15, 0.2) is 6.07 Å². The van der Waals surface area contributed by atoms with Gasteiger partial charge in [-0.2, -0.15) is 5.10 Å². The Balaban J connectivity index is 2.71. The summed E-state index contributed by atoms with van der Waals surface area (Å²) in [6, 6.07) is 2.26. The fourth-order valence-corrected chi connectivity index (χ4v) is 2.63. The van der Waals surface area contributed by atoms with Gasteiger partial charge in [0, 0.05) is 32.9 Å². The van der Waals surface area contributed by atoms with Crippen LogP contribution in [0.2, 0.25) is 0 Å². The van der Waals surface area contributed by atoms with Gasteiger partial charge in [-0.3, -0.25) is 4.68 Å². The maximum absolute atomic E-state index is 5.10. The molecular weight excluding hydrogens is 250 g/mol. The van der Waals surface area contributed by atoms with E-state index in [-0.39, 0.29) is 0 Å². The van der Waals surface area contributed by atoms with Crippen molar-refractivity contribution >= 4 is 0 Å². The van der Waals surface area contributed by atoms with Crippen LogP contribution in [-0.2, 0) is 24.6 Å². The van der Waals surface area contributed by atoms with Crippen molar-refractivity contribution in [1.29, 1.82) is 0 Å². The van der Waals surface area contributed by atoms with Crippen molar-refractivity contribution in [3.8, 4) is 0 Å². The Bertz CT molecular complexity index is 383. The molecule has 4 heteroatoms. The summed E-state index contributed by atoms with van der Waals surface area (Å²) < 4.78 is 7.15. The zero-order valence-electron chi connectivity index (χ0n) is 13.8. The molecule has 1 rings (SSSR count). The van der Waals surface area contributed by atoms with Crippen LogP contribution in [0.5, 0.6) is 0 Å². The molecule has 1 heterocycles. The third kappa shape index (κ3) is 4.60. The minimum atomic E-state index is 0.312. The van der Waals surface area contributed by atoms with Crippen LogP contribution in [0.1, 0.15) is 45.0 Å². The first kappa shape index (κ1) is 17.2. The van der Waals surface area contributed by atoms with Crippen LogP contribution in [0.3, 0.4) is 0 Å². The lowest BCUT2D eigenvalue weighted by atomic mass is 9.78. The van der Waals surface area contributed by atoms with E-state index in [0.717, 1.165) is 32.5 Å². The quantitative estimate of drug-likeness (QED) is 0.670. The number of hydrogen-bond acceptors (Lipinski definition) is 3. The smallest absolute Gasteiger partial charge is 0.0624 e. The molecule has 1 aromatic heterocycles. The van der Waals surface area contributed by atoms with Crippen molar-refractivity contribution < 1.29 is 4.74 Å². The van der Waals surface area contributed by atoms with Crippen LogP contribution in [-0.4, -0.2) is 36.6 Å². The molecule has 0 amide bonds. The Labute approximate surface area is 123 Å². The van der Waals surface area contributed by atoms with Gasteiger partial charge in [-0.1, -0.05) is 20.8 Å². The molecule has 0 bridgehead atoms. The molecule has 0 aliphatic carbocycles. The van der Waals surface area contributed by atoms with E-state index in [1.54, 1.807) is 7.11 Å². The van der Waals surface area contributed by atoms with E-state index < -0.39 is 0 Å². The molecule has 0 aliphatic heterocycles. The van der Waals surface area contributed by atoms with Crippen molar-refractivity contribution in [2.45, 2.75) is 46.5 Å². The summed E-state index contributed by atoms with van der Waals surface area (Å²) in [6.07, 6.45) is 4.45. The standard InChI is InChI=1S/C16H31N3O/c1-6-14-11-15(19(4)18-14)12-16(7-2,8-3)13-17-9-10-20-5/h11,17H,6-10,12-13H2,1-5H3. The predicted octanol–water partition coefficient (Wildman–Crippen LogP) is 2.57. The van der Waals surface area contributed by atoms with Crippen molar-refractivity contribution in [1.82, 2.24) is 15.1 Å². The van der Waals surface area contributed by atoms with Crippen molar-refractivity contribution in [3.05, 3.63) is 17.5 Å². The topological polar surface area (TPSA) is 39.1 Å². The van der Waals surface area contributed by atoms with Crippen LogP contribution < -0.4 is 5.32 Å². The number of ether oxygens (including phenoxy) is 1. The summed E-state index contributed by atoms with van der Waals surface area (Å²) in [4.78, 5) is 0. The monoisotopic (exact) mass is 281 g/mol. The predicted molar refractivity (Wildman–Crippen MR) is 84.1 cm³/mol.